The molecule has 4 rings (SSSR count). The van der Waals surface area contributed by atoms with E-state index in [-0.39, 0.29) is 30.9 Å². The number of benzene rings is 1. The zero-order valence-corrected chi connectivity index (χ0v) is 13.1. The van der Waals surface area contributed by atoms with Crippen molar-refractivity contribution in [3.05, 3.63) is 23.8 Å². The number of amides is 1. The Labute approximate surface area is 135 Å². The second-order valence-corrected chi connectivity index (χ2v) is 6.36. The monoisotopic (exact) mass is 318 g/mol. The van der Waals surface area contributed by atoms with Crippen LogP contribution in [0.25, 0.3) is 0 Å². The van der Waals surface area contributed by atoms with Crippen LogP contribution in [0.4, 0.5) is 0 Å². The Morgan fingerprint density at radius 3 is 2.91 bits per heavy atom. The average Bonchev–Trinajstić information content (AvgIpc) is 3.32. The van der Waals surface area contributed by atoms with Crippen LogP contribution in [0.2, 0.25) is 0 Å². The van der Waals surface area contributed by atoms with Crippen molar-refractivity contribution >= 4 is 5.91 Å². The van der Waals surface area contributed by atoms with Gasteiger partial charge >= 0.3 is 0 Å². The molecule has 1 unspecified atom stereocenters. The Bertz CT molecular complexity index is 606. The minimum Gasteiger partial charge on any atom is -0.454 e. The van der Waals surface area contributed by atoms with E-state index in [0.717, 1.165) is 49.3 Å². The van der Waals surface area contributed by atoms with Crippen LogP contribution >= 0.6 is 0 Å². The third-order valence-electron chi connectivity index (χ3n) is 4.96. The van der Waals surface area contributed by atoms with Crippen molar-refractivity contribution in [2.75, 3.05) is 19.9 Å². The number of hydrogen-bond acceptors (Lipinski definition) is 5. The minimum atomic E-state index is -0.335. The number of hydrogen-bond donors (Lipinski definition) is 1. The minimum absolute atomic E-state index is 0.0237. The molecule has 0 spiro atoms. The zero-order chi connectivity index (χ0) is 15.8. The average molecular weight is 318 g/mol. The molecule has 1 aromatic rings. The standard InChI is InChI=1S/C17H22N2O4/c18-9-12-4-6-15(23-12)17(20)19-7-1-2-13(19)11-3-5-14-16(8-11)22-10-21-14/h3,5,8,12-13,15H,1-2,4,6-7,9-10,18H2/t12-,13?,15+/m1/s1. The van der Waals surface area contributed by atoms with Crippen LogP contribution < -0.4 is 15.2 Å². The van der Waals surface area contributed by atoms with E-state index in [2.05, 4.69) is 0 Å². The van der Waals surface area contributed by atoms with E-state index in [4.69, 9.17) is 19.9 Å². The molecule has 3 heterocycles. The van der Waals surface area contributed by atoms with E-state index in [1.807, 2.05) is 23.1 Å². The molecule has 0 bridgehead atoms. The van der Waals surface area contributed by atoms with Gasteiger partial charge in [-0.2, -0.15) is 0 Å². The summed E-state index contributed by atoms with van der Waals surface area (Å²) in [5.41, 5.74) is 6.75. The summed E-state index contributed by atoms with van der Waals surface area (Å²) < 4.78 is 16.6. The van der Waals surface area contributed by atoms with Gasteiger partial charge in [0.2, 0.25) is 6.79 Å². The summed E-state index contributed by atoms with van der Waals surface area (Å²) in [6.45, 7) is 1.53. The molecule has 2 N–H and O–H groups in total. The first-order valence-corrected chi connectivity index (χ1v) is 8.32. The van der Waals surface area contributed by atoms with Crippen molar-refractivity contribution in [1.82, 2.24) is 4.90 Å². The van der Waals surface area contributed by atoms with E-state index in [9.17, 15) is 4.79 Å². The Morgan fingerprint density at radius 2 is 2.09 bits per heavy atom. The van der Waals surface area contributed by atoms with E-state index >= 15 is 0 Å². The summed E-state index contributed by atoms with van der Waals surface area (Å²) in [6.07, 6.45) is 3.31. The molecule has 1 aromatic carbocycles. The first kappa shape index (κ1) is 14.8. The molecule has 6 heteroatoms. The normalized spacial score (nSPS) is 29.3. The maximum atomic E-state index is 12.8. The predicted octanol–water partition coefficient (Wildman–Crippen LogP) is 1.59. The molecular formula is C17H22N2O4. The van der Waals surface area contributed by atoms with E-state index in [0.29, 0.717) is 6.54 Å². The van der Waals surface area contributed by atoms with E-state index in [1.54, 1.807) is 0 Å². The van der Waals surface area contributed by atoms with Crippen molar-refractivity contribution in [3.63, 3.8) is 0 Å². The lowest BCUT2D eigenvalue weighted by Crippen LogP contribution is -2.39. The number of carbonyl (C=O) groups excluding carboxylic acids is 1. The molecule has 0 aromatic heterocycles. The Morgan fingerprint density at radius 1 is 1.22 bits per heavy atom. The largest absolute Gasteiger partial charge is 0.454 e. The number of nitrogens with two attached hydrogens (primary N) is 1. The number of carbonyl (C=O) groups is 1. The van der Waals surface area contributed by atoms with Crippen molar-refractivity contribution in [2.45, 2.75) is 43.9 Å². The van der Waals surface area contributed by atoms with Gasteiger partial charge in [-0.25, -0.2) is 0 Å². The van der Waals surface area contributed by atoms with E-state index < -0.39 is 0 Å². The second-order valence-electron chi connectivity index (χ2n) is 6.36. The van der Waals surface area contributed by atoms with E-state index in [1.165, 1.54) is 0 Å². The third-order valence-corrected chi connectivity index (χ3v) is 4.96. The van der Waals surface area contributed by atoms with Crippen LogP contribution in [0, 0.1) is 0 Å². The number of fused-ring (bicyclic) bond motifs is 1. The Kier molecular flexibility index (Phi) is 3.87. The SMILES string of the molecule is NC[C@H]1CC[C@@H](C(=O)N2CCCC2c2ccc3c(c2)OCO3)O1. The van der Waals surface area contributed by atoms with Gasteiger partial charge in [0.1, 0.15) is 6.10 Å². The number of rotatable bonds is 3. The highest BCUT2D eigenvalue weighted by atomic mass is 16.7. The summed E-state index contributed by atoms with van der Waals surface area (Å²) in [5, 5.41) is 0. The summed E-state index contributed by atoms with van der Waals surface area (Å²) in [6, 6.07) is 6.05. The van der Waals surface area contributed by atoms with Crippen LogP contribution in [-0.2, 0) is 9.53 Å². The maximum absolute atomic E-state index is 12.8. The molecule has 0 saturated carbocycles. The zero-order valence-electron chi connectivity index (χ0n) is 13.1. The van der Waals surface area contributed by atoms with Crippen LogP contribution in [0.3, 0.4) is 0 Å². The van der Waals surface area contributed by atoms with Gasteiger partial charge in [-0.05, 0) is 43.4 Å². The molecule has 2 saturated heterocycles. The van der Waals surface area contributed by atoms with Gasteiger partial charge in [-0.3, -0.25) is 4.79 Å². The summed E-state index contributed by atoms with van der Waals surface area (Å²) >= 11 is 0. The summed E-state index contributed by atoms with van der Waals surface area (Å²) in [5.74, 6) is 1.64. The third kappa shape index (κ3) is 2.66. The summed E-state index contributed by atoms with van der Waals surface area (Å²) in [7, 11) is 0. The van der Waals surface area contributed by atoms with Crippen molar-refractivity contribution in [1.29, 1.82) is 0 Å². The van der Waals surface area contributed by atoms with Crippen molar-refractivity contribution in [2.24, 2.45) is 5.73 Å². The van der Waals surface area contributed by atoms with Gasteiger partial charge in [0.25, 0.3) is 5.91 Å². The van der Waals surface area contributed by atoms with Crippen LogP contribution in [0.1, 0.15) is 37.3 Å². The molecule has 124 valence electrons. The molecule has 0 radical (unpaired) electrons. The molecule has 3 aliphatic rings. The first-order valence-electron chi connectivity index (χ1n) is 8.32. The quantitative estimate of drug-likeness (QED) is 0.916. The molecule has 2 fully saturated rings. The molecule has 23 heavy (non-hydrogen) atoms. The fourth-order valence-corrected chi connectivity index (χ4v) is 3.74. The Hall–Kier alpha value is -1.79. The highest BCUT2D eigenvalue weighted by Crippen LogP contribution is 2.39. The van der Waals surface area contributed by atoms with Gasteiger partial charge in [0.15, 0.2) is 11.5 Å². The predicted molar refractivity (Wildman–Crippen MR) is 83.2 cm³/mol. The van der Waals surface area contributed by atoms with Gasteiger partial charge in [0, 0.05) is 13.1 Å². The fourth-order valence-electron chi connectivity index (χ4n) is 3.74. The lowest BCUT2D eigenvalue weighted by atomic mass is 10.0. The maximum Gasteiger partial charge on any atom is 0.252 e. The van der Waals surface area contributed by atoms with Gasteiger partial charge in [-0.15, -0.1) is 0 Å². The lowest BCUT2D eigenvalue weighted by molar-refractivity contribution is -0.143. The summed E-state index contributed by atoms with van der Waals surface area (Å²) in [4.78, 5) is 14.8. The first-order chi connectivity index (χ1) is 11.3. The molecule has 1 amide bonds. The number of ether oxygens (including phenoxy) is 3. The highest BCUT2D eigenvalue weighted by Gasteiger charge is 2.38. The molecule has 0 aliphatic carbocycles. The van der Waals surface area contributed by atoms with Crippen LogP contribution in [-0.4, -0.2) is 42.9 Å². The molecule has 6 nitrogen and oxygen atoms in total. The van der Waals surface area contributed by atoms with Gasteiger partial charge in [0.05, 0.1) is 12.1 Å². The Balaban J connectivity index is 1.51. The number of likely N-dealkylation sites (tertiary alicyclic amines) is 1. The van der Waals surface area contributed by atoms with Gasteiger partial charge < -0.3 is 24.8 Å². The van der Waals surface area contributed by atoms with Crippen molar-refractivity contribution in [3.8, 4) is 11.5 Å². The van der Waals surface area contributed by atoms with Crippen molar-refractivity contribution < 1.29 is 19.0 Å². The fraction of sp³-hybridized carbons (Fsp3) is 0.588. The molecule has 3 atom stereocenters. The second kappa shape index (κ2) is 6.02. The smallest absolute Gasteiger partial charge is 0.252 e. The van der Waals surface area contributed by atoms with Gasteiger partial charge in [-0.1, -0.05) is 6.07 Å². The van der Waals surface area contributed by atoms with Crippen LogP contribution in [0.15, 0.2) is 18.2 Å². The highest BCUT2D eigenvalue weighted by molar-refractivity contribution is 5.82. The topological polar surface area (TPSA) is 74.0 Å². The number of nitrogens with zero attached hydrogens (tertiary/aromatic N) is 1. The lowest BCUT2D eigenvalue weighted by Gasteiger charge is -2.27. The molecular weight excluding hydrogens is 296 g/mol. The van der Waals surface area contributed by atoms with Crippen LogP contribution in [0.5, 0.6) is 11.5 Å². The molecule has 3 aliphatic heterocycles.